The van der Waals surface area contributed by atoms with Crippen molar-refractivity contribution < 1.29 is 4.42 Å². The van der Waals surface area contributed by atoms with Crippen LogP contribution in [-0.4, -0.2) is 29.1 Å². The van der Waals surface area contributed by atoms with Crippen LogP contribution in [0.15, 0.2) is 356 Å². The van der Waals surface area contributed by atoms with Crippen molar-refractivity contribution in [2.24, 2.45) is 0 Å². The van der Waals surface area contributed by atoms with Gasteiger partial charge in [-0.1, -0.05) is 267 Å². The molecule has 6 heterocycles. The van der Waals surface area contributed by atoms with Gasteiger partial charge in [0, 0.05) is 92.2 Å². The maximum Gasteiger partial charge on any atom is 0.235 e. The smallest absolute Gasteiger partial charge is 0.235 e. The summed E-state index contributed by atoms with van der Waals surface area (Å²) in [5, 5.41) is 9.64. The first-order chi connectivity index (χ1) is 49.6. The molecule has 0 amide bonds. The Morgan fingerprint density at radius 2 is 0.750 bits per heavy atom. The second-order valence-electron chi connectivity index (χ2n) is 25.2. The summed E-state index contributed by atoms with van der Waals surface area (Å²) >= 11 is 1.88. The number of hydrogen-bond acceptors (Lipinski definition) is 6. The minimum atomic E-state index is 0.639. The van der Waals surface area contributed by atoms with E-state index in [9.17, 15) is 0 Å². The quantitative estimate of drug-likeness (QED) is 0.136. The number of benzene rings is 14. The van der Waals surface area contributed by atoms with Crippen LogP contribution in [0.4, 0.5) is 0 Å². The third-order valence-electron chi connectivity index (χ3n) is 19.3. The largest absolute Gasteiger partial charge is 0.455 e. The SMILES string of the molecule is c1ccc(-c2cc(-c3ccccc3)nc(-c3cccc(-n4c5ccccc5c5cc(-c6cccc7c6sc6ccccc67)ccc54)c3)n2)cc1.c1ccc(-c2cccc(-c3ccc(-c4ccnc(-n5c6ccccc6c6cc(-c7cccc8c7oc7ccccc78)ccc65)n4)cc3)c2)cc1. The van der Waals surface area contributed by atoms with Crippen molar-refractivity contribution in [2.75, 3.05) is 0 Å². The summed E-state index contributed by atoms with van der Waals surface area (Å²) in [6.07, 6.45) is 1.85. The first-order valence-corrected chi connectivity index (χ1v) is 34.5. The zero-order valence-corrected chi connectivity index (χ0v) is 54.8. The summed E-state index contributed by atoms with van der Waals surface area (Å²) in [5.41, 5.74) is 23.6. The predicted octanol–water partition coefficient (Wildman–Crippen LogP) is 24.8. The average molecular weight is 1300 g/mol. The van der Waals surface area contributed by atoms with Crippen LogP contribution in [-0.2, 0) is 0 Å². The van der Waals surface area contributed by atoms with Crippen LogP contribution in [0.25, 0.3) is 187 Å². The van der Waals surface area contributed by atoms with Crippen molar-refractivity contribution >= 4 is 97.1 Å². The zero-order chi connectivity index (χ0) is 66.0. The molecule has 20 aromatic rings. The van der Waals surface area contributed by atoms with E-state index in [4.69, 9.17) is 24.4 Å². The van der Waals surface area contributed by atoms with E-state index in [1.54, 1.807) is 0 Å². The van der Waals surface area contributed by atoms with E-state index in [2.05, 4.69) is 319 Å². The molecule has 0 fully saturated rings. The summed E-state index contributed by atoms with van der Waals surface area (Å²) in [7, 11) is 0. The molecule has 7 nitrogen and oxygen atoms in total. The van der Waals surface area contributed by atoms with Gasteiger partial charge in [-0.05, 0) is 118 Å². The van der Waals surface area contributed by atoms with Crippen LogP contribution in [0.5, 0.6) is 0 Å². The maximum atomic E-state index is 6.40. The lowest BCUT2D eigenvalue weighted by atomic mass is 9.98. The van der Waals surface area contributed by atoms with E-state index >= 15 is 0 Å². The fourth-order valence-corrected chi connectivity index (χ4v) is 15.8. The van der Waals surface area contributed by atoms with Crippen LogP contribution in [0.3, 0.4) is 0 Å². The van der Waals surface area contributed by atoms with Crippen molar-refractivity contribution in [3.05, 3.63) is 352 Å². The fraction of sp³-hybridized carbons (Fsp3) is 0. The van der Waals surface area contributed by atoms with Crippen LogP contribution in [0.2, 0.25) is 0 Å². The molecule has 14 aromatic carbocycles. The number of rotatable bonds is 10. The Labute approximate surface area is 580 Å². The Morgan fingerprint density at radius 3 is 1.45 bits per heavy atom. The predicted molar refractivity (Wildman–Crippen MR) is 416 cm³/mol. The topological polar surface area (TPSA) is 74.6 Å². The van der Waals surface area contributed by atoms with Gasteiger partial charge >= 0.3 is 0 Å². The van der Waals surface area contributed by atoms with Gasteiger partial charge in [0.25, 0.3) is 0 Å². The van der Waals surface area contributed by atoms with Gasteiger partial charge in [-0.25, -0.2) is 19.9 Å². The van der Waals surface area contributed by atoms with E-state index in [-0.39, 0.29) is 0 Å². The minimum absolute atomic E-state index is 0.639. The maximum absolute atomic E-state index is 6.40. The summed E-state index contributed by atoms with van der Waals surface area (Å²) in [5.74, 6) is 1.34. The molecule has 8 heteroatoms. The lowest BCUT2D eigenvalue weighted by Gasteiger charge is -2.12. The lowest BCUT2D eigenvalue weighted by Crippen LogP contribution is -2.01. The molecule has 0 atom stereocenters. The normalized spacial score (nSPS) is 11.6. The van der Waals surface area contributed by atoms with Crippen LogP contribution < -0.4 is 0 Å². The second kappa shape index (κ2) is 24.5. The number of fused-ring (bicyclic) bond motifs is 12. The second-order valence-corrected chi connectivity index (χ2v) is 26.3. The first-order valence-electron chi connectivity index (χ1n) is 33.7. The molecule has 20 rings (SSSR count). The van der Waals surface area contributed by atoms with E-state index in [0.717, 1.165) is 105 Å². The third kappa shape index (κ3) is 10.3. The molecule has 0 unspecified atom stereocenters. The molecule has 0 aliphatic heterocycles. The van der Waals surface area contributed by atoms with Crippen molar-refractivity contribution in [1.29, 1.82) is 0 Å². The Morgan fingerprint density at radius 1 is 0.270 bits per heavy atom. The Bertz CT molecular complexity index is 6470. The van der Waals surface area contributed by atoms with Crippen molar-refractivity contribution in [3.8, 4) is 101 Å². The highest BCUT2D eigenvalue weighted by Gasteiger charge is 2.21. The van der Waals surface area contributed by atoms with Crippen molar-refractivity contribution in [1.82, 2.24) is 29.1 Å². The standard InChI is InChI=1S/C46H29N3O.C46H29N3S/c1-2-10-30(11-3-1)33-12-8-13-34(28-33)31-20-22-32(23-21-31)41-26-27-47-46(48-41)49-42-18-6-4-14-37(42)40-29-35(24-25-43(40)49)36-16-9-17-39-38-15-5-7-19-44(38)50-45(36)39;1-3-13-30(14-4-1)40-29-41(31-15-5-2-6-16-31)48-46(47-40)33-17-11-18-34(27-33)49-42-23-9-7-19-36(42)39-28-32(25-26-43(39)49)35-21-12-22-38-37-20-8-10-24-44(37)50-45(35)38/h2*1-29H. The van der Waals surface area contributed by atoms with Gasteiger partial charge in [0.1, 0.15) is 11.2 Å². The lowest BCUT2D eigenvalue weighted by molar-refractivity contribution is 0.670. The highest BCUT2D eigenvalue weighted by molar-refractivity contribution is 7.26. The van der Waals surface area contributed by atoms with E-state index in [1.807, 2.05) is 53.9 Å². The highest BCUT2D eigenvalue weighted by Crippen LogP contribution is 2.44. The number of aromatic nitrogens is 6. The molecule has 6 aromatic heterocycles. The molecule has 0 N–H and O–H groups in total. The molecular formula is C92H58N6OS. The van der Waals surface area contributed by atoms with Crippen LogP contribution in [0.1, 0.15) is 0 Å². The van der Waals surface area contributed by atoms with Gasteiger partial charge in [-0.2, -0.15) is 0 Å². The molecular weight excluding hydrogens is 1240 g/mol. The first kappa shape index (κ1) is 58.2. The number of thiophene rings is 1. The van der Waals surface area contributed by atoms with E-state index in [0.29, 0.717) is 11.8 Å². The molecule has 0 saturated heterocycles. The third-order valence-corrected chi connectivity index (χ3v) is 20.5. The summed E-state index contributed by atoms with van der Waals surface area (Å²) in [4.78, 5) is 20.1. The van der Waals surface area contributed by atoms with Crippen LogP contribution in [0, 0.1) is 0 Å². The van der Waals surface area contributed by atoms with Crippen molar-refractivity contribution in [2.45, 2.75) is 0 Å². The highest BCUT2D eigenvalue weighted by atomic mass is 32.1. The van der Waals surface area contributed by atoms with Gasteiger partial charge in [-0.3, -0.25) is 4.57 Å². The average Bonchev–Trinajstić information content (AvgIpc) is 1.59. The monoisotopic (exact) mass is 1290 g/mol. The summed E-state index contributed by atoms with van der Waals surface area (Å²) in [6.45, 7) is 0. The van der Waals surface area contributed by atoms with E-state index in [1.165, 1.54) is 69.8 Å². The van der Waals surface area contributed by atoms with Gasteiger partial charge in [0.2, 0.25) is 5.95 Å². The van der Waals surface area contributed by atoms with Gasteiger partial charge in [0.15, 0.2) is 5.82 Å². The van der Waals surface area contributed by atoms with Gasteiger partial charge < -0.3 is 8.98 Å². The molecule has 0 aliphatic rings. The molecule has 100 heavy (non-hydrogen) atoms. The minimum Gasteiger partial charge on any atom is -0.455 e. The van der Waals surface area contributed by atoms with E-state index < -0.39 is 0 Å². The molecule has 0 saturated carbocycles. The number of hydrogen-bond donors (Lipinski definition) is 0. The number of para-hydroxylation sites is 4. The molecule has 0 spiro atoms. The Hall–Kier alpha value is -13.1. The summed E-state index contributed by atoms with van der Waals surface area (Å²) in [6, 6.07) is 122. The molecule has 468 valence electrons. The van der Waals surface area contributed by atoms with Gasteiger partial charge in [0.05, 0.1) is 39.1 Å². The number of furan rings is 1. The zero-order valence-electron chi connectivity index (χ0n) is 54.0. The fourth-order valence-electron chi connectivity index (χ4n) is 14.6. The van der Waals surface area contributed by atoms with Crippen molar-refractivity contribution in [3.63, 3.8) is 0 Å². The Kier molecular flexibility index (Phi) is 14.3. The molecule has 0 bridgehead atoms. The summed E-state index contributed by atoms with van der Waals surface area (Å²) < 4.78 is 13.6. The molecule has 0 radical (unpaired) electrons. The molecule has 0 aliphatic carbocycles. The van der Waals surface area contributed by atoms with Gasteiger partial charge in [-0.15, -0.1) is 11.3 Å². The Balaban J connectivity index is 0.000000139. The van der Waals surface area contributed by atoms with Crippen LogP contribution >= 0.6 is 11.3 Å². The number of nitrogens with zero attached hydrogens (tertiary/aromatic N) is 6.